The third-order valence-corrected chi connectivity index (χ3v) is 4.42. The van der Waals surface area contributed by atoms with Gasteiger partial charge in [-0.25, -0.2) is 0 Å². The van der Waals surface area contributed by atoms with E-state index in [2.05, 4.69) is 34.6 Å². The lowest BCUT2D eigenvalue weighted by atomic mass is 10.2. The van der Waals surface area contributed by atoms with E-state index in [0.29, 0.717) is 5.04 Å². The van der Waals surface area contributed by atoms with Gasteiger partial charge in [0, 0.05) is 9.52 Å². The van der Waals surface area contributed by atoms with Crippen LogP contribution in [0.1, 0.15) is 34.6 Å². The number of hydrogen-bond acceptors (Lipinski definition) is 0. The van der Waals surface area contributed by atoms with E-state index in [0.717, 1.165) is 5.92 Å². The van der Waals surface area contributed by atoms with Gasteiger partial charge in [-0.2, -0.15) is 0 Å². The molecule has 0 fully saturated rings. The minimum atomic E-state index is 0.202. The Labute approximate surface area is 61.9 Å². The Morgan fingerprint density at radius 2 is 1.67 bits per heavy atom. The summed E-state index contributed by atoms with van der Waals surface area (Å²) in [6.45, 7) is 11.7. The molecular weight excluding hydrogens is 124 g/mol. The lowest BCUT2D eigenvalue weighted by molar-refractivity contribution is 0.689. The summed E-state index contributed by atoms with van der Waals surface area (Å²) in [4.78, 5) is 0. The van der Waals surface area contributed by atoms with Gasteiger partial charge in [-0.15, -0.1) is 0 Å². The van der Waals surface area contributed by atoms with E-state index in [9.17, 15) is 0 Å². The molecule has 0 atom stereocenters. The van der Waals surface area contributed by atoms with Crippen LogP contribution < -0.4 is 0 Å². The molecule has 0 aromatic rings. The normalized spacial score (nSPS) is 14.0. The van der Waals surface area contributed by atoms with Crippen LogP contribution in [0.25, 0.3) is 0 Å². The van der Waals surface area contributed by atoms with Crippen LogP contribution in [0.15, 0.2) is 0 Å². The summed E-state index contributed by atoms with van der Waals surface area (Å²) in [5.74, 6) is 0.927. The highest BCUT2D eigenvalue weighted by atomic mass is 28.2. The predicted molar refractivity (Wildman–Crippen MR) is 47.9 cm³/mol. The molecule has 0 amide bonds. The van der Waals surface area contributed by atoms with Crippen LogP contribution in [-0.2, 0) is 0 Å². The lowest BCUT2D eigenvalue weighted by Crippen LogP contribution is -2.09. The Hall–Kier alpha value is 0.217. The molecule has 0 rings (SSSR count). The molecule has 0 aliphatic rings. The quantitative estimate of drug-likeness (QED) is 0.522. The smallest absolute Gasteiger partial charge is 0.0262 e. The first kappa shape index (κ1) is 9.22. The Balaban J connectivity index is 3.28. The second-order valence-corrected chi connectivity index (χ2v) is 7.69. The van der Waals surface area contributed by atoms with Gasteiger partial charge in [0.1, 0.15) is 0 Å². The Bertz CT molecular complexity index is 69.1. The summed E-state index contributed by atoms with van der Waals surface area (Å²) in [6.07, 6.45) is 0. The molecule has 0 heterocycles. The van der Waals surface area contributed by atoms with Gasteiger partial charge in [-0.1, -0.05) is 40.7 Å². The summed E-state index contributed by atoms with van der Waals surface area (Å²) in [5.41, 5.74) is 0. The SMILES string of the molecule is CC(C)C[SiH2]C(C)(C)C. The molecule has 56 valence electrons. The van der Waals surface area contributed by atoms with Crippen LogP contribution in [0, 0.1) is 5.92 Å². The van der Waals surface area contributed by atoms with Gasteiger partial charge in [0.15, 0.2) is 0 Å². The maximum Gasteiger partial charge on any atom is 0.0262 e. The minimum Gasteiger partial charge on any atom is -0.0632 e. The van der Waals surface area contributed by atoms with Crippen molar-refractivity contribution in [3.05, 3.63) is 0 Å². The highest BCUT2D eigenvalue weighted by Crippen LogP contribution is 2.23. The number of hydrogen-bond donors (Lipinski definition) is 0. The van der Waals surface area contributed by atoms with E-state index in [1.54, 1.807) is 0 Å². The standard InChI is InChI=1S/C8H20Si/c1-7(2)6-9-8(3,4)5/h7H,6,9H2,1-5H3. The van der Waals surface area contributed by atoms with E-state index in [1.807, 2.05) is 0 Å². The van der Waals surface area contributed by atoms with Crippen LogP contribution in [0.3, 0.4) is 0 Å². The molecule has 0 unspecified atom stereocenters. The molecule has 0 bridgehead atoms. The largest absolute Gasteiger partial charge is 0.0632 e. The van der Waals surface area contributed by atoms with Crippen molar-refractivity contribution in [3.63, 3.8) is 0 Å². The Morgan fingerprint density at radius 1 is 1.22 bits per heavy atom. The molecular formula is C8H20Si. The van der Waals surface area contributed by atoms with Crippen molar-refractivity contribution < 1.29 is 0 Å². The molecule has 0 saturated heterocycles. The van der Waals surface area contributed by atoms with E-state index >= 15 is 0 Å². The molecule has 0 aromatic carbocycles. The first-order valence-corrected chi connectivity index (χ1v) is 5.62. The van der Waals surface area contributed by atoms with Gasteiger partial charge in [-0.05, 0) is 11.0 Å². The second kappa shape index (κ2) is 3.40. The Kier molecular flexibility index (Phi) is 3.48. The molecule has 0 N–H and O–H groups in total. The van der Waals surface area contributed by atoms with Gasteiger partial charge in [0.05, 0.1) is 0 Å². The first-order chi connectivity index (χ1) is 3.92. The van der Waals surface area contributed by atoms with Crippen molar-refractivity contribution in [2.24, 2.45) is 5.92 Å². The lowest BCUT2D eigenvalue weighted by Gasteiger charge is -2.17. The van der Waals surface area contributed by atoms with E-state index < -0.39 is 0 Å². The first-order valence-electron chi connectivity index (χ1n) is 3.92. The van der Waals surface area contributed by atoms with Crippen LogP contribution in [0.2, 0.25) is 11.1 Å². The van der Waals surface area contributed by atoms with Crippen LogP contribution in [0.5, 0.6) is 0 Å². The van der Waals surface area contributed by atoms with Crippen molar-refractivity contribution in [3.8, 4) is 0 Å². The van der Waals surface area contributed by atoms with Gasteiger partial charge in [0.2, 0.25) is 0 Å². The Morgan fingerprint density at radius 3 is 1.78 bits per heavy atom. The second-order valence-electron chi connectivity index (χ2n) is 4.49. The third kappa shape index (κ3) is 8.22. The molecule has 0 radical (unpaired) electrons. The van der Waals surface area contributed by atoms with Gasteiger partial charge >= 0.3 is 0 Å². The van der Waals surface area contributed by atoms with Crippen molar-refractivity contribution in [1.29, 1.82) is 0 Å². The zero-order valence-electron chi connectivity index (χ0n) is 7.49. The van der Waals surface area contributed by atoms with E-state index in [1.165, 1.54) is 6.04 Å². The van der Waals surface area contributed by atoms with Crippen molar-refractivity contribution in [2.75, 3.05) is 0 Å². The zero-order valence-corrected chi connectivity index (χ0v) is 8.91. The summed E-state index contributed by atoms with van der Waals surface area (Å²) in [6, 6.07) is 1.50. The van der Waals surface area contributed by atoms with Gasteiger partial charge < -0.3 is 0 Å². The number of rotatable bonds is 2. The zero-order chi connectivity index (χ0) is 7.49. The summed E-state index contributed by atoms with van der Waals surface area (Å²) in [7, 11) is 0.202. The highest BCUT2D eigenvalue weighted by molar-refractivity contribution is 6.39. The van der Waals surface area contributed by atoms with E-state index in [4.69, 9.17) is 0 Å². The monoisotopic (exact) mass is 144 g/mol. The molecule has 1 heteroatoms. The van der Waals surface area contributed by atoms with Crippen molar-refractivity contribution in [2.45, 2.75) is 45.7 Å². The minimum absolute atomic E-state index is 0.202. The van der Waals surface area contributed by atoms with Crippen LogP contribution in [-0.4, -0.2) is 9.52 Å². The average molecular weight is 144 g/mol. The van der Waals surface area contributed by atoms with Crippen LogP contribution in [0.4, 0.5) is 0 Å². The summed E-state index contributed by atoms with van der Waals surface area (Å²) >= 11 is 0. The van der Waals surface area contributed by atoms with Crippen molar-refractivity contribution >= 4 is 9.52 Å². The molecule has 0 aliphatic heterocycles. The fourth-order valence-corrected chi connectivity index (χ4v) is 2.17. The molecule has 9 heavy (non-hydrogen) atoms. The molecule has 0 saturated carbocycles. The third-order valence-electron chi connectivity index (χ3n) is 1.47. The maximum atomic E-state index is 2.36. The summed E-state index contributed by atoms with van der Waals surface area (Å²) in [5, 5.41) is 0.671. The topological polar surface area (TPSA) is 0 Å². The molecule has 0 spiro atoms. The highest BCUT2D eigenvalue weighted by Gasteiger charge is 2.10. The summed E-state index contributed by atoms with van der Waals surface area (Å²) < 4.78 is 0. The van der Waals surface area contributed by atoms with Crippen molar-refractivity contribution in [1.82, 2.24) is 0 Å². The van der Waals surface area contributed by atoms with Crippen LogP contribution >= 0.6 is 0 Å². The predicted octanol–water partition coefficient (Wildman–Crippen LogP) is 2.45. The van der Waals surface area contributed by atoms with Gasteiger partial charge in [-0.3, -0.25) is 0 Å². The molecule has 0 aromatic heterocycles. The van der Waals surface area contributed by atoms with E-state index in [-0.39, 0.29) is 9.52 Å². The molecule has 0 nitrogen and oxygen atoms in total. The fraction of sp³-hybridized carbons (Fsp3) is 1.00. The average Bonchev–Trinajstić information content (AvgIpc) is 1.59. The fourth-order valence-electron chi connectivity index (χ4n) is 0.722. The van der Waals surface area contributed by atoms with Gasteiger partial charge in [0.25, 0.3) is 0 Å². The maximum absolute atomic E-state index is 2.36. The molecule has 0 aliphatic carbocycles.